The molecule has 17 heavy (non-hydrogen) atoms. The van der Waals surface area contributed by atoms with Gasteiger partial charge in [0.05, 0.1) is 6.10 Å². The Kier molecular flexibility index (Phi) is 5.42. The molecule has 0 aromatic heterocycles. The molecule has 0 saturated carbocycles. The predicted molar refractivity (Wildman–Crippen MR) is 66.9 cm³/mol. The molecule has 0 saturated heterocycles. The highest BCUT2D eigenvalue weighted by Crippen LogP contribution is 2.23. The van der Waals surface area contributed by atoms with Gasteiger partial charge >= 0.3 is 0 Å². The minimum atomic E-state index is -0.895. The molecular weight excluding hydrogens is 219 g/mol. The Balaban J connectivity index is 2.56. The summed E-state index contributed by atoms with van der Waals surface area (Å²) in [5, 5.41) is 0. The van der Waals surface area contributed by atoms with E-state index in [4.69, 9.17) is 9.47 Å². The van der Waals surface area contributed by atoms with Crippen LogP contribution in [-0.2, 0) is 4.74 Å². The molecule has 1 rings (SSSR count). The van der Waals surface area contributed by atoms with Crippen LogP contribution in [0.5, 0.6) is 5.75 Å². The smallest absolute Gasteiger partial charge is 0.197 e. The van der Waals surface area contributed by atoms with E-state index in [-0.39, 0.29) is 12.4 Å². The van der Waals surface area contributed by atoms with Gasteiger partial charge in [-0.3, -0.25) is 0 Å². The number of hydrogen-bond donors (Lipinski definition) is 0. The average Bonchev–Trinajstić information content (AvgIpc) is 2.28. The zero-order chi connectivity index (χ0) is 12.8. The van der Waals surface area contributed by atoms with Crippen LogP contribution < -0.4 is 4.74 Å². The van der Waals surface area contributed by atoms with Gasteiger partial charge in [0.15, 0.2) is 6.29 Å². The van der Waals surface area contributed by atoms with Crippen LogP contribution in [0.25, 0.3) is 0 Å². The van der Waals surface area contributed by atoms with Gasteiger partial charge in [-0.2, -0.15) is 0 Å². The first-order valence-electron chi connectivity index (χ1n) is 6.09. The normalized spacial score (nSPS) is 14.7. The van der Waals surface area contributed by atoms with E-state index in [0.29, 0.717) is 17.7 Å². The number of halogens is 1. The Bertz CT molecular complexity index is 321. The molecule has 0 bridgehead atoms. The quantitative estimate of drug-likeness (QED) is 0.692. The van der Waals surface area contributed by atoms with Crippen molar-refractivity contribution in [3.05, 3.63) is 29.8 Å². The molecule has 2 atom stereocenters. The molecule has 0 N–H and O–H groups in total. The number of rotatable bonds is 6. The second-order valence-corrected chi connectivity index (χ2v) is 4.32. The average molecular weight is 240 g/mol. The van der Waals surface area contributed by atoms with Crippen molar-refractivity contribution in [3.8, 4) is 5.75 Å². The van der Waals surface area contributed by atoms with Gasteiger partial charge < -0.3 is 9.47 Å². The SMILES string of the molecule is CCC(F)c1ccc(OC(C)OC(C)C)cc1. The Hall–Kier alpha value is -1.09. The van der Waals surface area contributed by atoms with Crippen LogP contribution in [0.1, 0.15) is 45.9 Å². The van der Waals surface area contributed by atoms with Gasteiger partial charge in [-0.25, -0.2) is 4.39 Å². The van der Waals surface area contributed by atoms with Crippen LogP contribution in [0.4, 0.5) is 4.39 Å². The maximum absolute atomic E-state index is 13.4. The van der Waals surface area contributed by atoms with Crippen LogP contribution in [0.15, 0.2) is 24.3 Å². The van der Waals surface area contributed by atoms with Crippen LogP contribution in [0.3, 0.4) is 0 Å². The largest absolute Gasteiger partial charge is 0.465 e. The fraction of sp³-hybridized carbons (Fsp3) is 0.571. The molecular formula is C14H21FO2. The van der Waals surface area contributed by atoms with Gasteiger partial charge in [-0.1, -0.05) is 19.1 Å². The minimum Gasteiger partial charge on any atom is -0.465 e. The van der Waals surface area contributed by atoms with Crippen LogP contribution in [0, 0.1) is 0 Å². The van der Waals surface area contributed by atoms with E-state index in [1.165, 1.54) is 0 Å². The van der Waals surface area contributed by atoms with Gasteiger partial charge in [-0.05, 0) is 44.9 Å². The number of benzene rings is 1. The molecule has 0 amide bonds. The van der Waals surface area contributed by atoms with E-state index >= 15 is 0 Å². The van der Waals surface area contributed by atoms with E-state index in [9.17, 15) is 4.39 Å². The highest BCUT2D eigenvalue weighted by molar-refractivity contribution is 5.28. The first-order valence-corrected chi connectivity index (χ1v) is 6.09. The summed E-state index contributed by atoms with van der Waals surface area (Å²) in [5.41, 5.74) is 0.692. The fourth-order valence-corrected chi connectivity index (χ4v) is 1.59. The van der Waals surface area contributed by atoms with E-state index < -0.39 is 6.17 Å². The number of hydrogen-bond acceptors (Lipinski definition) is 2. The molecule has 0 aliphatic rings. The lowest BCUT2D eigenvalue weighted by molar-refractivity contribution is -0.0950. The first kappa shape index (κ1) is 14.0. The zero-order valence-corrected chi connectivity index (χ0v) is 10.9. The summed E-state index contributed by atoms with van der Waals surface area (Å²) in [7, 11) is 0. The lowest BCUT2D eigenvalue weighted by Gasteiger charge is -2.18. The third-order valence-electron chi connectivity index (χ3n) is 2.37. The highest BCUT2D eigenvalue weighted by atomic mass is 19.1. The van der Waals surface area contributed by atoms with Crippen LogP contribution in [0.2, 0.25) is 0 Å². The van der Waals surface area contributed by atoms with E-state index in [2.05, 4.69) is 0 Å². The lowest BCUT2D eigenvalue weighted by atomic mass is 10.1. The summed E-state index contributed by atoms with van der Waals surface area (Å²) in [6, 6.07) is 7.06. The fourth-order valence-electron chi connectivity index (χ4n) is 1.59. The molecule has 3 heteroatoms. The molecule has 2 nitrogen and oxygen atoms in total. The molecule has 2 unspecified atom stereocenters. The van der Waals surface area contributed by atoms with Gasteiger partial charge in [0.1, 0.15) is 11.9 Å². The van der Waals surface area contributed by atoms with Crippen molar-refractivity contribution in [2.45, 2.75) is 52.7 Å². The Morgan fingerprint density at radius 3 is 2.18 bits per heavy atom. The van der Waals surface area contributed by atoms with Gasteiger partial charge in [0.2, 0.25) is 0 Å². The second kappa shape index (κ2) is 6.60. The predicted octanol–water partition coefficient (Wildman–Crippen LogP) is 4.26. The molecule has 1 aromatic carbocycles. The van der Waals surface area contributed by atoms with Crippen molar-refractivity contribution in [3.63, 3.8) is 0 Å². The molecule has 0 aliphatic carbocycles. The topological polar surface area (TPSA) is 18.5 Å². The highest BCUT2D eigenvalue weighted by Gasteiger charge is 2.09. The number of ether oxygens (including phenoxy) is 2. The van der Waals surface area contributed by atoms with Gasteiger partial charge in [0, 0.05) is 0 Å². The van der Waals surface area contributed by atoms with E-state index in [1.807, 2.05) is 27.7 Å². The molecule has 0 spiro atoms. The molecule has 96 valence electrons. The summed E-state index contributed by atoms with van der Waals surface area (Å²) >= 11 is 0. The monoisotopic (exact) mass is 240 g/mol. The standard InChI is InChI=1S/C14H21FO2/c1-5-14(15)12-6-8-13(9-7-12)17-11(4)16-10(2)3/h6-11,14H,5H2,1-4H3. The first-order chi connectivity index (χ1) is 8.02. The zero-order valence-electron chi connectivity index (χ0n) is 10.9. The minimum absolute atomic E-state index is 0.125. The van der Waals surface area contributed by atoms with Crippen molar-refractivity contribution in [2.24, 2.45) is 0 Å². The molecule has 0 aliphatic heterocycles. The van der Waals surface area contributed by atoms with Crippen molar-refractivity contribution < 1.29 is 13.9 Å². The maximum Gasteiger partial charge on any atom is 0.197 e. The van der Waals surface area contributed by atoms with Gasteiger partial charge in [-0.15, -0.1) is 0 Å². The van der Waals surface area contributed by atoms with Gasteiger partial charge in [0.25, 0.3) is 0 Å². The molecule has 0 heterocycles. The molecule has 0 radical (unpaired) electrons. The van der Waals surface area contributed by atoms with Crippen molar-refractivity contribution in [1.82, 2.24) is 0 Å². The third kappa shape index (κ3) is 4.73. The Morgan fingerprint density at radius 1 is 1.12 bits per heavy atom. The summed E-state index contributed by atoms with van der Waals surface area (Å²) < 4.78 is 24.4. The Labute approximate surface area is 103 Å². The van der Waals surface area contributed by atoms with Crippen molar-refractivity contribution in [1.29, 1.82) is 0 Å². The second-order valence-electron chi connectivity index (χ2n) is 4.32. The summed E-state index contributed by atoms with van der Waals surface area (Å²) in [6.07, 6.45) is -0.575. The lowest BCUT2D eigenvalue weighted by Crippen LogP contribution is -2.20. The van der Waals surface area contributed by atoms with E-state index in [1.54, 1.807) is 24.3 Å². The molecule has 1 aromatic rings. The number of alkyl halides is 1. The van der Waals surface area contributed by atoms with Crippen molar-refractivity contribution in [2.75, 3.05) is 0 Å². The van der Waals surface area contributed by atoms with Crippen LogP contribution in [-0.4, -0.2) is 12.4 Å². The summed E-state index contributed by atoms with van der Waals surface area (Å²) in [5.74, 6) is 0.699. The van der Waals surface area contributed by atoms with Crippen molar-refractivity contribution >= 4 is 0 Å². The molecule has 0 fully saturated rings. The van der Waals surface area contributed by atoms with E-state index in [0.717, 1.165) is 0 Å². The summed E-state index contributed by atoms with van der Waals surface area (Å²) in [6.45, 7) is 7.58. The third-order valence-corrected chi connectivity index (χ3v) is 2.37. The summed E-state index contributed by atoms with van der Waals surface area (Å²) in [4.78, 5) is 0. The van der Waals surface area contributed by atoms with Crippen LogP contribution >= 0.6 is 0 Å². The Morgan fingerprint density at radius 2 is 1.71 bits per heavy atom. The maximum atomic E-state index is 13.4.